The summed E-state index contributed by atoms with van der Waals surface area (Å²) in [6.45, 7) is 0. The fraction of sp³-hybridized carbons (Fsp3) is 0.211. The summed E-state index contributed by atoms with van der Waals surface area (Å²) in [4.78, 5) is 13.0. The number of phenols is 1. The Hall–Kier alpha value is -2.29. The average molecular weight is 432 g/mol. The minimum absolute atomic E-state index is 0.115. The van der Waals surface area contributed by atoms with Gasteiger partial charge in [-0.25, -0.2) is 4.79 Å². The number of phenolic OH excluding ortho intramolecular Hbond substituents is 1. The molecule has 1 aliphatic carbocycles. The number of fused-ring (bicyclic) bond motifs is 1. The summed E-state index contributed by atoms with van der Waals surface area (Å²) in [6.07, 6.45) is 2.24. The molecule has 6 nitrogen and oxygen atoms in total. The number of nitrogens with zero attached hydrogens (tertiary/aromatic N) is 3. The van der Waals surface area contributed by atoms with Crippen LogP contribution in [0.2, 0.25) is 5.02 Å². The molecule has 3 heterocycles. The fourth-order valence-corrected chi connectivity index (χ4v) is 4.97. The van der Waals surface area contributed by atoms with Crippen LogP contribution in [0, 0.1) is 0 Å². The number of aromatic hydroxyl groups is 1. The Balaban J connectivity index is 1.51. The van der Waals surface area contributed by atoms with E-state index >= 15 is 0 Å². The largest absolute Gasteiger partial charge is 0.506 e. The van der Waals surface area contributed by atoms with E-state index in [0.29, 0.717) is 22.8 Å². The molecular weight excluding hydrogens is 418 g/mol. The Labute approximate surface area is 172 Å². The van der Waals surface area contributed by atoms with Crippen LogP contribution in [0.5, 0.6) is 5.75 Å². The molecule has 0 atom stereocenters. The van der Waals surface area contributed by atoms with Crippen LogP contribution in [-0.2, 0) is 5.75 Å². The highest BCUT2D eigenvalue weighted by Gasteiger charge is 2.30. The van der Waals surface area contributed by atoms with Crippen LogP contribution in [0.3, 0.4) is 0 Å². The van der Waals surface area contributed by atoms with E-state index in [1.54, 1.807) is 17.4 Å². The van der Waals surface area contributed by atoms with Gasteiger partial charge in [0, 0.05) is 29.3 Å². The lowest BCUT2D eigenvalue weighted by Gasteiger charge is -2.09. The molecule has 4 aromatic rings. The number of halogens is 1. The third kappa shape index (κ3) is 3.21. The van der Waals surface area contributed by atoms with Crippen molar-refractivity contribution in [1.29, 1.82) is 0 Å². The molecule has 28 heavy (non-hydrogen) atoms. The highest BCUT2D eigenvalue weighted by atomic mass is 35.5. The van der Waals surface area contributed by atoms with Gasteiger partial charge in [-0.05, 0) is 35.9 Å². The van der Waals surface area contributed by atoms with Crippen LogP contribution < -0.4 is 5.63 Å². The van der Waals surface area contributed by atoms with Gasteiger partial charge in [0.15, 0.2) is 11.0 Å². The van der Waals surface area contributed by atoms with E-state index in [9.17, 15) is 9.90 Å². The number of hydrogen-bond donors (Lipinski definition) is 1. The second-order valence-corrected chi connectivity index (χ2v) is 8.86. The highest BCUT2D eigenvalue weighted by Crippen LogP contribution is 2.42. The van der Waals surface area contributed by atoms with Gasteiger partial charge in [0.05, 0.1) is 9.90 Å². The van der Waals surface area contributed by atoms with E-state index in [1.165, 1.54) is 23.9 Å². The predicted octanol–water partition coefficient (Wildman–Crippen LogP) is 5.10. The van der Waals surface area contributed by atoms with Crippen molar-refractivity contribution in [3.8, 4) is 16.5 Å². The molecule has 0 bridgehead atoms. The maximum Gasteiger partial charge on any atom is 0.336 e. The van der Waals surface area contributed by atoms with Gasteiger partial charge < -0.3 is 9.52 Å². The molecule has 142 valence electrons. The summed E-state index contributed by atoms with van der Waals surface area (Å²) >= 11 is 9.22. The van der Waals surface area contributed by atoms with Gasteiger partial charge in [0.25, 0.3) is 0 Å². The van der Waals surface area contributed by atoms with Gasteiger partial charge in [-0.3, -0.25) is 4.57 Å². The van der Waals surface area contributed by atoms with Crippen molar-refractivity contribution < 1.29 is 9.52 Å². The zero-order valence-electron chi connectivity index (χ0n) is 14.5. The first-order valence-electron chi connectivity index (χ1n) is 8.67. The molecule has 1 aromatic carbocycles. The van der Waals surface area contributed by atoms with Crippen LogP contribution in [0.25, 0.3) is 21.7 Å². The normalized spacial score (nSPS) is 14.0. The first kappa shape index (κ1) is 17.8. The molecule has 1 aliphatic rings. The molecule has 1 saturated carbocycles. The van der Waals surface area contributed by atoms with Gasteiger partial charge in [-0.1, -0.05) is 29.4 Å². The van der Waals surface area contributed by atoms with E-state index in [4.69, 9.17) is 16.0 Å². The number of aromatic nitrogens is 3. The van der Waals surface area contributed by atoms with Crippen molar-refractivity contribution in [1.82, 2.24) is 14.8 Å². The highest BCUT2D eigenvalue weighted by molar-refractivity contribution is 7.98. The van der Waals surface area contributed by atoms with E-state index in [-0.39, 0.29) is 10.8 Å². The Bertz CT molecular complexity index is 1230. The molecular formula is C19H14ClN3O3S2. The average Bonchev–Trinajstić information content (AvgIpc) is 3.19. The number of thioether (sulfide) groups is 1. The van der Waals surface area contributed by atoms with Crippen LogP contribution in [-0.4, -0.2) is 19.9 Å². The van der Waals surface area contributed by atoms with Crippen molar-refractivity contribution in [3.63, 3.8) is 0 Å². The van der Waals surface area contributed by atoms with Crippen LogP contribution in [0.1, 0.15) is 24.4 Å². The molecule has 3 aromatic heterocycles. The van der Waals surface area contributed by atoms with Gasteiger partial charge in [0.2, 0.25) is 0 Å². The molecule has 0 amide bonds. The quantitative estimate of drug-likeness (QED) is 0.349. The summed E-state index contributed by atoms with van der Waals surface area (Å²) in [6, 6.07) is 8.93. The summed E-state index contributed by atoms with van der Waals surface area (Å²) in [5.74, 6) is 1.29. The first-order chi connectivity index (χ1) is 13.6. The molecule has 1 fully saturated rings. The summed E-state index contributed by atoms with van der Waals surface area (Å²) < 4.78 is 7.40. The first-order valence-corrected chi connectivity index (χ1v) is 10.9. The monoisotopic (exact) mass is 431 g/mol. The summed E-state index contributed by atoms with van der Waals surface area (Å²) in [7, 11) is 0. The van der Waals surface area contributed by atoms with Crippen molar-refractivity contribution in [2.24, 2.45) is 0 Å². The number of hydrogen-bond acceptors (Lipinski definition) is 7. The number of benzene rings is 1. The molecule has 0 spiro atoms. The minimum atomic E-state index is -0.465. The molecule has 0 unspecified atom stereocenters. The summed E-state index contributed by atoms with van der Waals surface area (Å²) in [5, 5.41) is 22.4. The van der Waals surface area contributed by atoms with Gasteiger partial charge in [-0.2, -0.15) is 0 Å². The van der Waals surface area contributed by atoms with Crippen LogP contribution in [0.4, 0.5) is 0 Å². The Kier molecular flexibility index (Phi) is 4.41. The molecule has 0 saturated heterocycles. The molecule has 0 aliphatic heterocycles. The third-order valence-electron chi connectivity index (χ3n) is 4.57. The van der Waals surface area contributed by atoms with Gasteiger partial charge >= 0.3 is 5.63 Å². The maximum atomic E-state index is 11.9. The Morgan fingerprint density at radius 3 is 2.93 bits per heavy atom. The van der Waals surface area contributed by atoms with Crippen molar-refractivity contribution in [2.45, 2.75) is 29.8 Å². The summed E-state index contributed by atoms with van der Waals surface area (Å²) in [5.41, 5.74) is 0.627. The van der Waals surface area contributed by atoms with E-state index in [2.05, 4.69) is 14.8 Å². The molecule has 1 N–H and O–H groups in total. The second kappa shape index (κ2) is 6.95. The Morgan fingerprint density at radius 2 is 2.18 bits per heavy atom. The SMILES string of the molecule is O=c1cc(CSc2nnc(-c3cccs3)n2C2CC2)c2cc(Cl)c(O)cc2o1. The standard InChI is InChI=1S/C19H14ClN3O3S2/c20-13-7-12-10(6-17(25)26-15(12)8-14(13)24)9-28-19-22-21-18(16-2-1-5-27-16)23(19)11-3-4-11/h1-2,5-8,11,24H,3-4,9H2. The predicted molar refractivity (Wildman–Crippen MR) is 110 cm³/mol. The van der Waals surface area contributed by atoms with Gasteiger partial charge in [-0.15, -0.1) is 21.5 Å². The molecule has 5 rings (SSSR count). The van der Waals surface area contributed by atoms with Crippen molar-refractivity contribution >= 4 is 45.7 Å². The minimum Gasteiger partial charge on any atom is -0.506 e. The number of rotatable bonds is 5. The number of thiophene rings is 1. The zero-order valence-corrected chi connectivity index (χ0v) is 16.9. The lowest BCUT2D eigenvalue weighted by molar-refractivity contribution is 0.473. The van der Waals surface area contributed by atoms with Crippen molar-refractivity contribution in [3.05, 3.63) is 56.7 Å². The third-order valence-corrected chi connectivity index (χ3v) is 6.73. The van der Waals surface area contributed by atoms with E-state index in [1.807, 2.05) is 17.5 Å². The van der Waals surface area contributed by atoms with Crippen LogP contribution >= 0.6 is 34.7 Å². The molecule has 9 heteroatoms. The maximum absolute atomic E-state index is 11.9. The topological polar surface area (TPSA) is 81.2 Å². The lowest BCUT2D eigenvalue weighted by Crippen LogP contribution is -2.01. The fourth-order valence-electron chi connectivity index (χ4n) is 3.11. The van der Waals surface area contributed by atoms with Crippen LogP contribution in [0.15, 0.2) is 50.1 Å². The lowest BCUT2D eigenvalue weighted by atomic mass is 10.1. The van der Waals surface area contributed by atoms with E-state index in [0.717, 1.165) is 34.3 Å². The smallest absolute Gasteiger partial charge is 0.336 e. The van der Waals surface area contributed by atoms with Gasteiger partial charge in [0.1, 0.15) is 11.3 Å². The molecule has 0 radical (unpaired) electrons. The second-order valence-electron chi connectivity index (χ2n) is 6.56. The zero-order chi connectivity index (χ0) is 19.3. The Morgan fingerprint density at radius 1 is 1.32 bits per heavy atom. The van der Waals surface area contributed by atoms with Crippen molar-refractivity contribution in [2.75, 3.05) is 0 Å². The van der Waals surface area contributed by atoms with E-state index < -0.39 is 5.63 Å².